The Bertz CT molecular complexity index is 636. The maximum Gasteiger partial charge on any atom is 0.270 e. The molecule has 1 aromatic carbocycles. The maximum absolute atomic E-state index is 11.1. The molecule has 0 aliphatic heterocycles. The standard InChI is InChI=1S/C25H43N2O4/c1-4-27(5-2,6-3)19-15-13-11-9-7-8-10-12-14-16-20-31-25-18-17-24(26(29)30)21-23(25)22-28/h17-18,21-22H,4-16,19-20H2,1-3H3/q+1. The average Bonchev–Trinajstić information content (AvgIpc) is 2.79. The average molecular weight is 436 g/mol. The molecule has 176 valence electrons. The first kappa shape index (κ1) is 27.1. The summed E-state index contributed by atoms with van der Waals surface area (Å²) in [5.41, 5.74) is 0.141. The summed E-state index contributed by atoms with van der Waals surface area (Å²) in [6.45, 7) is 12.6. The van der Waals surface area contributed by atoms with Crippen molar-refractivity contribution < 1.29 is 18.9 Å². The minimum absolute atomic E-state index is 0.0930. The van der Waals surface area contributed by atoms with Crippen LogP contribution in [0.15, 0.2) is 18.2 Å². The van der Waals surface area contributed by atoms with Crippen molar-refractivity contribution in [3.05, 3.63) is 33.9 Å². The summed E-state index contributed by atoms with van der Waals surface area (Å²) in [6.07, 6.45) is 13.2. The third-order valence-electron chi connectivity index (χ3n) is 6.63. The lowest BCUT2D eigenvalue weighted by Gasteiger charge is -2.35. The van der Waals surface area contributed by atoms with E-state index in [2.05, 4.69) is 20.8 Å². The van der Waals surface area contributed by atoms with Crippen LogP contribution in [0, 0.1) is 10.1 Å². The molecular weight excluding hydrogens is 392 g/mol. The first-order valence-corrected chi connectivity index (χ1v) is 12.2. The van der Waals surface area contributed by atoms with Gasteiger partial charge in [0.15, 0.2) is 6.29 Å². The van der Waals surface area contributed by atoms with Crippen molar-refractivity contribution in [2.24, 2.45) is 0 Å². The second-order valence-corrected chi connectivity index (χ2v) is 8.50. The molecule has 6 heteroatoms. The van der Waals surface area contributed by atoms with E-state index >= 15 is 0 Å². The summed E-state index contributed by atoms with van der Waals surface area (Å²) in [5.74, 6) is 0.424. The smallest absolute Gasteiger partial charge is 0.270 e. The van der Waals surface area contributed by atoms with Gasteiger partial charge in [0.05, 0.1) is 43.3 Å². The van der Waals surface area contributed by atoms with Crippen LogP contribution in [0.4, 0.5) is 5.69 Å². The number of unbranched alkanes of at least 4 members (excludes halogenated alkanes) is 9. The van der Waals surface area contributed by atoms with E-state index in [1.807, 2.05) is 0 Å². The normalized spacial score (nSPS) is 11.5. The highest BCUT2D eigenvalue weighted by molar-refractivity contribution is 5.80. The summed E-state index contributed by atoms with van der Waals surface area (Å²) < 4.78 is 6.91. The first-order chi connectivity index (χ1) is 15.0. The summed E-state index contributed by atoms with van der Waals surface area (Å²) in [6, 6.07) is 4.14. The predicted molar refractivity (Wildman–Crippen MR) is 127 cm³/mol. The second kappa shape index (κ2) is 15.8. The van der Waals surface area contributed by atoms with Gasteiger partial charge in [0.2, 0.25) is 0 Å². The van der Waals surface area contributed by atoms with Crippen molar-refractivity contribution in [2.75, 3.05) is 32.8 Å². The molecular formula is C25H43N2O4+. The van der Waals surface area contributed by atoms with Gasteiger partial charge in [0, 0.05) is 12.1 Å². The number of nitrogens with zero attached hydrogens (tertiary/aromatic N) is 2. The van der Waals surface area contributed by atoms with Crippen molar-refractivity contribution in [3.8, 4) is 5.75 Å². The van der Waals surface area contributed by atoms with Crippen LogP contribution in [-0.4, -0.2) is 48.5 Å². The number of carbonyl (C=O) groups is 1. The molecule has 1 aromatic rings. The van der Waals surface area contributed by atoms with Crippen molar-refractivity contribution in [3.63, 3.8) is 0 Å². The van der Waals surface area contributed by atoms with Crippen LogP contribution in [0.5, 0.6) is 5.75 Å². The van der Waals surface area contributed by atoms with Crippen molar-refractivity contribution in [1.82, 2.24) is 0 Å². The Kier molecular flexibility index (Phi) is 13.8. The Hall–Kier alpha value is -1.95. The number of nitro benzene ring substituents is 1. The van der Waals surface area contributed by atoms with E-state index in [4.69, 9.17) is 4.74 Å². The van der Waals surface area contributed by atoms with E-state index in [1.54, 1.807) is 0 Å². The fourth-order valence-electron chi connectivity index (χ4n) is 4.16. The number of carbonyl (C=O) groups excluding carboxylic acids is 1. The number of quaternary nitrogens is 1. The van der Waals surface area contributed by atoms with E-state index < -0.39 is 4.92 Å². The third-order valence-corrected chi connectivity index (χ3v) is 6.63. The minimum Gasteiger partial charge on any atom is -0.493 e. The molecule has 31 heavy (non-hydrogen) atoms. The molecule has 1 rings (SSSR count). The van der Waals surface area contributed by atoms with Crippen molar-refractivity contribution >= 4 is 12.0 Å². The summed E-state index contributed by atoms with van der Waals surface area (Å²) >= 11 is 0. The number of hydrogen-bond donors (Lipinski definition) is 0. The number of ether oxygens (including phenoxy) is 1. The lowest BCUT2D eigenvalue weighted by atomic mass is 10.1. The predicted octanol–water partition coefficient (Wildman–Crippen LogP) is 6.56. The van der Waals surface area contributed by atoms with Gasteiger partial charge >= 0.3 is 0 Å². The van der Waals surface area contributed by atoms with Crippen LogP contribution < -0.4 is 4.74 Å². The molecule has 6 nitrogen and oxygen atoms in total. The molecule has 0 radical (unpaired) electrons. The van der Waals surface area contributed by atoms with Gasteiger partial charge in [-0.25, -0.2) is 0 Å². The maximum atomic E-state index is 11.1. The van der Waals surface area contributed by atoms with E-state index in [1.165, 1.54) is 100 Å². The molecule has 0 saturated heterocycles. The molecule has 0 fully saturated rings. The number of nitro groups is 1. The zero-order chi connectivity index (χ0) is 23.0. The molecule has 0 bridgehead atoms. The Morgan fingerprint density at radius 2 is 1.39 bits per heavy atom. The summed E-state index contributed by atoms with van der Waals surface area (Å²) in [7, 11) is 0. The zero-order valence-electron chi connectivity index (χ0n) is 19.9. The van der Waals surface area contributed by atoms with Gasteiger partial charge in [0.1, 0.15) is 5.75 Å². The van der Waals surface area contributed by atoms with E-state index in [9.17, 15) is 14.9 Å². The summed E-state index contributed by atoms with van der Waals surface area (Å²) in [5, 5.41) is 10.8. The lowest BCUT2D eigenvalue weighted by Crippen LogP contribution is -2.48. The lowest BCUT2D eigenvalue weighted by molar-refractivity contribution is -0.923. The topological polar surface area (TPSA) is 69.4 Å². The van der Waals surface area contributed by atoms with Crippen LogP contribution in [-0.2, 0) is 0 Å². The highest BCUT2D eigenvalue weighted by Gasteiger charge is 2.19. The molecule has 0 spiro atoms. The van der Waals surface area contributed by atoms with Gasteiger partial charge in [-0.05, 0) is 46.1 Å². The SMILES string of the molecule is CC[N+](CC)(CC)CCCCCCCCCCCCOc1ccc([N+](=O)[O-])cc1C=O. The number of aldehydes is 1. The fourth-order valence-corrected chi connectivity index (χ4v) is 4.16. The Morgan fingerprint density at radius 1 is 0.871 bits per heavy atom. The molecule has 0 heterocycles. The van der Waals surface area contributed by atoms with Gasteiger partial charge in [-0.15, -0.1) is 0 Å². The molecule has 0 aliphatic rings. The summed E-state index contributed by atoms with van der Waals surface area (Å²) in [4.78, 5) is 21.4. The van der Waals surface area contributed by atoms with Crippen molar-refractivity contribution in [2.45, 2.75) is 85.0 Å². The van der Waals surface area contributed by atoms with Gasteiger partial charge in [-0.3, -0.25) is 14.9 Å². The Labute approximate surface area is 188 Å². The van der Waals surface area contributed by atoms with Crippen LogP contribution in [0.2, 0.25) is 0 Å². The number of non-ortho nitro benzene ring substituents is 1. The molecule has 0 unspecified atom stereocenters. The van der Waals surface area contributed by atoms with Crippen molar-refractivity contribution in [1.29, 1.82) is 0 Å². The number of hydrogen-bond acceptors (Lipinski definition) is 4. The molecule has 0 aromatic heterocycles. The molecule has 0 atom stereocenters. The Morgan fingerprint density at radius 3 is 1.87 bits per heavy atom. The van der Waals surface area contributed by atoms with Gasteiger partial charge < -0.3 is 9.22 Å². The molecule has 0 saturated carbocycles. The largest absolute Gasteiger partial charge is 0.493 e. The highest BCUT2D eigenvalue weighted by atomic mass is 16.6. The van der Waals surface area contributed by atoms with Crippen LogP contribution in [0.25, 0.3) is 0 Å². The fraction of sp³-hybridized carbons (Fsp3) is 0.720. The van der Waals surface area contributed by atoms with Crippen LogP contribution in [0.3, 0.4) is 0 Å². The molecule has 0 amide bonds. The zero-order valence-corrected chi connectivity index (χ0v) is 19.9. The number of benzene rings is 1. The van der Waals surface area contributed by atoms with Crippen LogP contribution >= 0.6 is 0 Å². The quantitative estimate of drug-likeness (QED) is 0.0810. The van der Waals surface area contributed by atoms with E-state index in [0.717, 1.165) is 12.8 Å². The molecule has 0 aliphatic carbocycles. The number of rotatable bonds is 19. The van der Waals surface area contributed by atoms with Gasteiger partial charge in [-0.2, -0.15) is 0 Å². The minimum atomic E-state index is -0.508. The second-order valence-electron chi connectivity index (χ2n) is 8.50. The van der Waals surface area contributed by atoms with E-state index in [-0.39, 0.29) is 11.3 Å². The highest BCUT2D eigenvalue weighted by Crippen LogP contribution is 2.23. The monoisotopic (exact) mass is 435 g/mol. The van der Waals surface area contributed by atoms with Gasteiger partial charge in [-0.1, -0.05) is 44.9 Å². The van der Waals surface area contributed by atoms with Gasteiger partial charge in [0.25, 0.3) is 5.69 Å². The van der Waals surface area contributed by atoms with Crippen LogP contribution in [0.1, 0.15) is 95.3 Å². The first-order valence-electron chi connectivity index (χ1n) is 12.2. The van der Waals surface area contributed by atoms with E-state index in [0.29, 0.717) is 18.6 Å². The Balaban J connectivity index is 2.02. The molecule has 0 N–H and O–H groups in total. The third kappa shape index (κ3) is 10.3.